The van der Waals surface area contributed by atoms with Crippen LogP contribution in [0.4, 0.5) is 4.39 Å². The molecule has 1 N–H and O–H groups in total. The molecule has 0 atom stereocenters. The largest absolute Gasteiger partial charge is 0.493 e. The summed E-state index contributed by atoms with van der Waals surface area (Å²) in [7, 11) is 3.10. The van der Waals surface area contributed by atoms with Crippen LogP contribution in [0.1, 0.15) is 5.56 Å². The lowest BCUT2D eigenvalue weighted by atomic mass is 10.2. The van der Waals surface area contributed by atoms with E-state index < -0.39 is 0 Å². The third-order valence-corrected chi connectivity index (χ3v) is 4.59. The number of thioether (sulfide) groups is 1. The topological polar surface area (TPSA) is 86.5 Å². The van der Waals surface area contributed by atoms with E-state index in [4.69, 9.17) is 13.9 Å². The minimum atomic E-state index is -0.313. The van der Waals surface area contributed by atoms with Gasteiger partial charge in [0.2, 0.25) is 11.8 Å². The van der Waals surface area contributed by atoms with Crippen molar-refractivity contribution in [1.29, 1.82) is 0 Å². The molecule has 3 rings (SSSR count). The smallest absolute Gasteiger partial charge is 0.277 e. The molecule has 28 heavy (non-hydrogen) atoms. The molecule has 2 aromatic carbocycles. The van der Waals surface area contributed by atoms with Gasteiger partial charge < -0.3 is 19.2 Å². The Bertz CT molecular complexity index is 947. The number of carbonyl (C=O) groups is 1. The molecular formula is C19H18FN3O4S. The number of aromatic nitrogens is 2. The molecule has 0 saturated heterocycles. The Labute approximate surface area is 165 Å². The Morgan fingerprint density at radius 1 is 1.11 bits per heavy atom. The number of hydrogen-bond acceptors (Lipinski definition) is 7. The van der Waals surface area contributed by atoms with Gasteiger partial charge in [0.15, 0.2) is 11.5 Å². The number of nitrogens with zero attached hydrogens (tertiary/aromatic N) is 2. The average Bonchev–Trinajstić information content (AvgIpc) is 3.20. The van der Waals surface area contributed by atoms with Gasteiger partial charge in [-0.1, -0.05) is 23.9 Å². The normalized spacial score (nSPS) is 10.5. The lowest BCUT2D eigenvalue weighted by Gasteiger charge is -2.07. The molecule has 0 aliphatic carbocycles. The molecule has 1 amide bonds. The summed E-state index contributed by atoms with van der Waals surface area (Å²) in [5.74, 6) is 1.07. The summed E-state index contributed by atoms with van der Waals surface area (Å²) in [6.45, 7) is 0.320. The van der Waals surface area contributed by atoms with Crippen LogP contribution >= 0.6 is 11.8 Å². The van der Waals surface area contributed by atoms with E-state index in [1.54, 1.807) is 44.6 Å². The van der Waals surface area contributed by atoms with E-state index in [0.717, 1.165) is 17.3 Å². The fraction of sp³-hybridized carbons (Fsp3) is 0.211. The highest BCUT2D eigenvalue weighted by molar-refractivity contribution is 7.99. The van der Waals surface area contributed by atoms with E-state index in [-0.39, 0.29) is 22.7 Å². The predicted octanol–water partition coefficient (Wildman–Crippen LogP) is 3.30. The van der Waals surface area contributed by atoms with Crippen molar-refractivity contribution in [3.8, 4) is 23.0 Å². The molecule has 3 aromatic rings. The second-order valence-electron chi connectivity index (χ2n) is 5.63. The van der Waals surface area contributed by atoms with Crippen molar-refractivity contribution < 1.29 is 23.1 Å². The summed E-state index contributed by atoms with van der Waals surface area (Å²) < 4.78 is 28.9. The third kappa shape index (κ3) is 5.01. The highest BCUT2D eigenvalue weighted by atomic mass is 32.2. The average molecular weight is 403 g/mol. The minimum Gasteiger partial charge on any atom is -0.493 e. The molecule has 0 spiro atoms. The first-order valence-electron chi connectivity index (χ1n) is 8.29. The molecule has 0 aliphatic heterocycles. The molecule has 146 valence electrons. The van der Waals surface area contributed by atoms with E-state index in [2.05, 4.69) is 15.5 Å². The molecule has 0 radical (unpaired) electrons. The van der Waals surface area contributed by atoms with Crippen molar-refractivity contribution in [2.75, 3.05) is 20.0 Å². The maximum absolute atomic E-state index is 12.9. The van der Waals surface area contributed by atoms with Gasteiger partial charge in [-0.05, 0) is 35.9 Å². The SMILES string of the molecule is COc1ccc(-c2nnc(SCC(=O)NCc3ccc(F)cc3)o2)cc1OC. The van der Waals surface area contributed by atoms with Crippen LogP contribution in [0.25, 0.3) is 11.5 Å². The maximum atomic E-state index is 12.9. The lowest BCUT2D eigenvalue weighted by molar-refractivity contribution is -0.118. The number of benzene rings is 2. The molecule has 0 saturated carbocycles. The Hall–Kier alpha value is -3.07. The van der Waals surface area contributed by atoms with Crippen molar-refractivity contribution in [2.45, 2.75) is 11.8 Å². The zero-order valence-corrected chi connectivity index (χ0v) is 16.1. The van der Waals surface area contributed by atoms with Crippen LogP contribution in [0.3, 0.4) is 0 Å². The number of halogens is 1. The number of methoxy groups -OCH3 is 2. The van der Waals surface area contributed by atoms with Crippen LogP contribution < -0.4 is 14.8 Å². The second-order valence-corrected chi connectivity index (χ2v) is 6.56. The Morgan fingerprint density at radius 2 is 1.86 bits per heavy atom. The van der Waals surface area contributed by atoms with Gasteiger partial charge in [0.25, 0.3) is 5.22 Å². The Kier molecular flexibility index (Phi) is 6.49. The zero-order chi connectivity index (χ0) is 19.9. The zero-order valence-electron chi connectivity index (χ0n) is 15.3. The van der Waals surface area contributed by atoms with Crippen LogP contribution in [0.5, 0.6) is 11.5 Å². The van der Waals surface area contributed by atoms with Crippen LogP contribution in [0.15, 0.2) is 52.1 Å². The maximum Gasteiger partial charge on any atom is 0.277 e. The monoisotopic (exact) mass is 403 g/mol. The molecule has 0 unspecified atom stereocenters. The minimum absolute atomic E-state index is 0.120. The van der Waals surface area contributed by atoms with Gasteiger partial charge >= 0.3 is 0 Å². The first-order valence-corrected chi connectivity index (χ1v) is 9.27. The number of rotatable bonds is 8. The highest BCUT2D eigenvalue weighted by Gasteiger charge is 2.13. The van der Waals surface area contributed by atoms with Crippen molar-refractivity contribution >= 4 is 17.7 Å². The van der Waals surface area contributed by atoms with E-state index in [0.29, 0.717) is 29.5 Å². The molecule has 1 heterocycles. The fourth-order valence-corrected chi connectivity index (χ4v) is 2.93. The predicted molar refractivity (Wildman–Crippen MR) is 102 cm³/mol. The Morgan fingerprint density at radius 3 is 2.57 bits per heavy atom. The summed E-state index contributed by atoms with van der Waals surface area (Å²) in [6.07, 6.45) is 0. The van der Waals surface area contributed by atoms with Crippen molar-refractivity contribution in [2.24, 2.45) is 0 Å². The van der Waals surface area contributed by atoms with Crippen LogP contribution in [-0.2, 0) is 11.3 Å². The standard InChI is InChI=1S/C19H18FN3O4S/c1-25-15-8-5-13(9-16(15)26-2)18-22-23-19(27-18)28-11-17(24)21-10-12-3-6-14(20)7-4-12/h3-9H,10-11H2,1-2H3,(H,21,24). The Balaban J connectivity index is 1.54. The van der Waals surface area contributed by atoms with Gasteiger partial charge in [-0.3, -0.25) is 4.79 Å². The molecule has 9 heteroatoms. The molecule has 0 fully saturated rings. The lowest BCUT2D eigenvalue weighted by Crippen LogP contribution is -2.24. The summed E-state index contributed by atoms with van der Waals surface area (Å²) >= 11 is 1.13. The van der Waals surface area contributed by atoms with Gasteiger partial charge in [-0.25, -0.2) is 4.39 Å². The first-order chi connectivity index (χ1) is 13.6. The highest BCUT2D eigenvalue weighted by Crippen LogP contribution is 2.32. The number of hydrogen-bond donors (Lipinski definition) is 1. The summed E-state index contributed by atoms with van der Waals surface area (Å²) in [4.78, 5) is 12.0. The number of nitrogens with one attached hydrogen (secondary N) is 1. The van der Waals surface area contributed by atoms with Gasteiger partial charge in [0.1, 0.15) is 5.82 Å². The fourth-order valence-electron chi connectivity index (χ4n) is 2.34. The summed E-state index contributed by atoms with van der Waals surface area (Å²) in [6, 6.07) is 11.2. The molecule has 7 nitrogen and oxygen atoms in total. The molecule has 1 aromatic heterocycles. The number of amides is 1. The third-order valence-electron chi connectivity index (χ3n) is 3.77. The second kappa shape index (κ2) is 9.23. The van der Waals surface area contributed by atoms with Crippen LogP contribution in [0, 0.1) is 5.82 Å². The van der Waals surface area contributed by atoms with E-state index >= 15 is 0 Å². The quantitative estimate of drug-likeness (QED) is 0.578. The number of carbonyl (C=O) groups excluding carboxylic acids is 1. The summed E-state index contributed by atoms with van der Waals surface area (Å²) in [5, 5.41) is 11.0. The van der Waals surface area contributed by atoms with E-state index in [1.165, 1.54) is 12.1 Å². The molecule has 0 aliphatic rings. The van der Waals surface area contributed by atoms with Crippen LogP contribution in [0.2, 0.25) is 0 Å². The van der Waals surface area contributed by atoms with Gasteiger partial charge in [-0.15, -0.1) is 10.2 Å². The van der Waals surface area contributed by atoms with Crippen molar-refractivity contribution in [3.63, 3.8) is 0 Å². The van der Waals surface area contributed by atoms with E-state index in [1.807, 2.05) is 0 Å². The van der Waals surface area contributed by atoms with E-state index in [9.17, 15) is 9.18 Å². The van der Waals surface area contributed by atoms with Gasteiger partial charge in [-0.2, -0.15) is 0 Å². The van der Waals surface area contributed by atoms with Gasteiger partial charge in [0.05, 0.1) is 20.0 Å². The van der Waals surface area contributed by atoms with Crippen molar-refractivity contribution in [3.05, 3.63) is 53.8 Å². The van der Waals surface area contributed by atoms with Gasteiger partial charge in [0, 0.05) is 12.1 Å². The molecular weight excluding hydrogens is 385 g/mol. The van der Waals surface area contributed by atoms with Crippen molar-refractivity contribution in [1.82, 2.24) is 15.5 Å². The number of ether oxygens (including phenoxy) is 2. The van der Waals surface area contributed by atoms with Crippen LogP contribution in [-0.4, -0.2) is 36.1 Å². The molecule has 0 bridgehead atoms. The first kappa shape index (κ1) is 19.7. The summed E-state index contributed by atoms with van der Waals surface area (Å²) in [5.41, 5.74) is 1.49.